The Kier molecular flexibility index (Phi) is 12.6. The molecule has 6 aromatic rings. The zero-order chi connectivity index (χ0) is 48.0. The molecule has 4 N–H and O–H groups in total. The molecule has 0 radical (unpaired) electrons. The van der Waals surface area contributed by atoms with Gasteiger partial charge in [-0.25, -0.2) is 23.9 Å². The Hall–Kier alpha value is -7.37. The summed E-state index contributed by atoms with van der Waals surface area (Å²) in [4.78, 5) is 71.3. The molecule has 3 aromatic heterocycles. The number of amides is 4. The van der Waals surface area contributed by atoms with Crippen LogP contribution in [-0.4, -0.2) is 111 Å². The summed E-state index contributed by atoms with van der Waals surface area (Å²) >= 11 is 0. The average Bonchev–Trinajstić information content (AvgIpc) is 4.21. The van der Waals surface area contributed by atoms with Gasteiger partial charge in [-0.1, -0.05) is 52.0 Å². The predicted octanol–water partition coefficient (Wildman–Crippen LogP) is 8.07. The van der Waals surface area contributed by atoms with Gasteiger partial charge in [-0.15, -0.1) is 0 Å². The molecule has 0 aliphatic carbocycles. The summed E-state index contributed by atoms with van der Waals surface area (Å²) in [6.07, 6.45) is 1.83. The molecule has 2 saturated heterocycles. The van der Waals surface area contributed by atoms with Gasteiger partial charge in [0.25, 0.3) is 0 Å². The molecule has 68 heavy (non-hydrogen) atoms. The lowest BCUT2D eigenvalue weighted by molar-refractivity contribution is -0.136. The summed E-state index contributed by atoms with van der Waals surface area (Å²) in [5.41, 5.74) is 6.75. The normalized spacial score (nSPS) is 19.6. The third-order valence-electron chi connectivity index (χ3n) is 13.2. The van der Waals surface area contributed by atoms with Crippen molar-refractivity contribution in [2.45, 2.75) is 83.5 Å². The van der Waals surface area contributed by atoms with Crippen molar-refractivity contribution < 1.29 is 42.5 Å². The molecule has 3 aliphatic rings. The second kappa shape index (κ2) is 18.7. The zero-order valence-electron chi connectivity index (χ0n) is 39.0. The molecule has 3 aromatic carbocycles. The van der Waals surface area contributed by atoms with Crippen molar-refractivity contribution >= 4 is 34.9 Å². The highest BCUT2D eigenvalue weighted by atomic mass is 19.1. The summed E-state index contributed by atoms with van der Waals surface area (Å²) in [5, 5.41) is 6.28. The van der Waals surface area contributed by atoms with Crippen molar-refractivity contribution in [2.24, 2.45) is 11.8 Å². The van der Waals surface area contributed by atoms with Gasteiger partial charge >= 0.3 is 12.2 Å². The third-order valence-corrected chi connectivity index (χ3v) is 13.2. The van der Waals surface area contributed by atoms with E-state index in [4.69, 9.17) is 23.9 Å². The van der Waals surface area contributed by atoms with Gasteiger partial charge in [0.2, 0.25) is 18.0 Å². The molecule has 6 atom stereocenters. The Balaban J connectivity index is 1.02. The molecule has 17 nitrogen and oxygen atoms in total. The first kappa shape index (κ1) is 45.8. The molecule has 3 aliphatic heterocycles. The van der Waals surface area contributed by atoms with Crippen LogP contribution in [0, 0.1) is 11.8 Å². The fraction of sp³-hybridized carbons (Fsp3) is 0.400. The molecule has 356 valence electrons. The van der Waals surface area contributed by atoms with Crippen LogP contribution in [0.3, 0.4) is 0 Å². The number of nitrogens with one attached hydrogen (secondary N) is 4. The van der Waals surface area contributed by atoms with Gasteiger partial charge in [-0.2, -0.15) is 0 Å². The van der Waals surface area contributed by atoms with Gasteiger partial charge in [0.1, 0.15) is 41.4 Å². The van der Waals surface area contributed by atoms with Crippen molar-refractivity contribution in [1.82, 2.24) is 44.9 Å². The summed E-state index contributed by atoms with van der Waals surface area (Å²) in [6, 6.07) is 19.5. The summed E-state index contributed by atoms with van der Waals surface area (Å²) in [7, 11) is 4.14. The number of carbonyl (C=O) groups excluding carboxylic acids is 4. The molecule has 2 fully saturated rings. The highest BCUT2D eigenvalue weighted by molar-refractivity contribution is 5.93. The van der Waals surface area contributed by atoms with Gasteiger partial charge < -0.3 is 53.9 Å². The number of hydrogen-bond donors (Lipinski definition) is 4. The number of benzene rings is 3. The van der Waals surface area contributed by atoms with Crippen molar-refractivity contribution in [2.75, 3.05) is 34.4 Å². The number of methoxy groups -OCH3 is 3. The number of alkyl halides is 1. The van der Waals surface area contributed by atoms with E-state index in [0.29, 0.717) is 35.4 Å². The molecule has 0 saturated carbocycles. The second-order valence-electron chi connectivity index (χ2n) is 18.2. The van der Waals surface area contributed by atoms with Crippen LogP contribution in [0.1, 0.15) is 82.5 Å². The maximum atomic E-state index is 15.1. The monoisotopic (exact) mass is 929 g/mol. The van der Waals surface area contributed by atoms with Gasteiger partial charge in [0.05, 0.1) is 75.0 Å². The molecule has 6 heterocycles. The maximum Gasteiger partial charge on any atom is 0.407 e. The lowest BCUT2D eigenvalue weighted by Gasteiger charge is -2.30. The van der Waals surface area contributed by atoms with Crippen molar-refractivity contribution in [3.8, 4) is 45.3 Å². The number of nitrogens with zero attached hydrogens (tertiary/aromatic N) is 5. The van der Waals surface area contributed by atoms with Crippen LogP contribution in [-0.2, 0) is 19.1 Å². The van der Waals surface area contributed by atoms with E-state index in [1.54, 1.807) is 38.3 Å². The first-order valence-electron chi connectivity index (χ1n) is 22.9. The minimum Gasteiger partial charge on any atom is -0.497 e. The van der Waals surface area contributed by atoms with Crippen LogP contribution in [0.4, 0.5) is 14.0 Å². The van der Waals surface area contributed by atoms with Crippen LogP contribution in [0.5, 0.6) is 11.5 Å². The first-order chi connectivity index (χ1) is 32.8. The molecule has 18 heteroatoms. The Morgan fingerprint density at radius 3 is 2.06 bits per heavy atom. The quantitative estimate of drug-likeness (QED) is 0.0931. The zero-order valence-corrected chi connectivity index (χ0v) is 39.0. The number of likely N-dealkylation sites (tertiary alicyclic amines) is 2. The topological polar surface area (TPSA) is 198 Å². The number of ether oxygens (including phenoxy) is 4. The summed E-state index contributed by atoms with van der Waals surface area (Å²) < 4.78 is 39.4. The minimum atomic E-state index is -1.27. The Labute approximate surface area is 392 Å². The standard InChI is InChI=1S/C50H56FN9O8/c1-26(2)42(56-49(63)66-6)46(61)58-17-9-12-38(58)44-52-23-35(54-44)28-14-16-37-31(18-28)20-39-34-15-13-29(21-41(34)68-48(60(37)39)30-10-8-11-33(19-30)65-5)36-24-53-45(55-36)40-22-32(51)25-59(40)47(62)43(27(3)4)57-50(64)67-7/h8,10-11,13-16,18-21,23-24,26-27,32,38,40,42-43,48H,9,12,17,22,25H2,1-7H3,(H,52,54)(H,53,55)(H,56,63)(H,57,64)/t32-,38+,40+,42+,43+,48?/m1/s1. The van der Waals surface area contributed by atoms with Gasteiger partial charge in [-0.3, -0.25) is 9.59 Å². The molecule has 4 amide bonds. The van der Waals surface area contributed by atoms with E-state index in [1.807, 2.05) is 62.4 Å². The average molecular weight is 930 g/mol. The number of aromatic amines is 2. The number of fused-ring (bicyclic) bond motifs is 5. The summed E-state index contributed by atoms with van der Waals surface area (Å²) in [5.74, 6) is 1.43. The van der Waals surface area contributed by atoms with Gasteiger partial charge in [0, 0.05) is 40.6 Å². The van der Waals surface area contributed by atoms with Crippen LogP contribution in [0.2, 0.25) is 0 Å². The van der Waals surface area contributed by atoms with Crippen LogP contribution < -0.4 is 20.1 Å². The van der Waals surface area contributed by atoms with Crippen LogP contribution in [0.25, 0.3) is 44.7 Å². The van der Waals surface area contributed by atoms with E-state index in [9.17, 15) is 19.2 Å². The fourth-order valence-corrected chi connectivity index (χ4v) is 9.71. The molecule has 0 spiro atoms. The van der Waals surface area contributed by atoms with Crippen LogP contribution >= 0.6 is 0 Å². The minimum absolute atomic E-state index is 0.0572. The molecular formula is C50H56FN9O8. The molecule has 9 rings (SSSR count). The Morgan fingerprint density at radius 2 is 1.41 bits per heavy atom. The number of halogens is 1. The lowest BCUT2D eigenvalue weighted by Crippen LogP contribution is -2.51. The van der Waals surface area contributed by atoms with Crippen molar-refractivity contribution in [3.63, 3.8) is 0 Å². The number of hydrogen-bond acceptors (Lipinski definition) is 10. The molecular weight excluding hydrogens is 874 g/mol. The van der Waals surface area contributed by atoms with E-state index in [-0.39, 0.29) is 36.8 Å². The van der Waals surface area contributed by atoms with E-state index >= 15 is 4.39 Å². The molecule has 0 bridgehead atoms. The maximum absolute atomic E-state index is 15.1. The fourth-order valence-electron chi connectivity index (χ4n) is 9.71. The van der Waals surface area contributed by atoms with Gasteiger partial charge in [0.15, 0.2) is 0 Å². The Morgan fingerprint density at radius 1 is 0.779 bits per heavy atom. The smallest absolute Gasteiger partial charge is 0.407 e. The summed E-state index contributed by atoms with van der Waals surface area (Å²) in [6.45, 7) is 7.82. The van der Waals surface area contributed by atoms with E-state index in [0.717, 1.165) is 57.4 Å². The Bertz CT molecular complexity index is 2870. The number of rotatable bonds is 12. The highest BCUT2D eigenvalue weighted by Gasteiger charge is 2.42. The highest BCUT2D eigenvalue weighted by Crippen LogP contribution is 2.47. The van der Waals surface area contributed by atoms with Crippen LogP contribution in [0.15, 0.2) is 79.1 Å². The number of carbonyl (C=O) groups is 4. The van der Waals surface area contributed by atoms with Gasteiger partial charge in [-0.05, 0) is 67.1 Å². The van der Waals surface area contributed by atoms with Crippen molar-refractivity contribution in [3.05, 3.63) is 96.3 Å². The lowest BCUT2D eigenvalue weighted by atomic mass is 10.0. The molecule has 1 unspecified atom stereocenters. The number of aromatic nitrogens is 5. The predicted molar refractivity (Wildman–Crippen MR) is 250 cm³/mol. The third kappa shape index (κ3) is 8.58. The first-order valence-corrected chi connectivity index (χ1v) is 22.9. The largest absolute Gasteiger partial charge is 0.497 e. The number of imidazole rings is 2. The van der Waals surface area contributed by atoms with E-state index in [1.165, 1.54) is 19.1 Å². The van der Waals surface area contributed by atoms with E-state index < -0.39 is 48.6 Å². The van der Waals surface area contributed by atoms with Crippen molar-refractivity contribution in [1.29, 1.82) is 0 Å². The SMILES string of the molecule is COC(=O)N[C@H](C(=O)N1CCC[C@H]1c1ncc(-c2ccc3c(c2)cc2n3C(c3cccc(OC)c3)Oc3cc(-c4cnc([C@@H]5C[C@@H](F)CN5C(=O)[C@@H](NC(=O)OC)C(C)C)[nH]4)ccc3-2)[nH]1)C(C)C. The number of H-pyrrole nitrogens is 2. The second-order valence-corrected chi connectivity index (χ2v) is 18.2. The number of alkyl carbamates (subject to hydrolysis) is 2. The van der Waals surface area contributed by atoms with E-state index in [2.05, 4.69) is 48.4 Å².